The van der Waals surface area contributed by atoms with Crippen LogP contribution < -0.4 is 0 Å². The number of methoxy groups -OCH3 is 1. The van der Waals surface area contributed by atoms with Crippen molar-refractivity contribution in [3.63, 3.8) is 0 Å². The van der Waals surface area contributed by atoms with E-state index in [4.69, 9.17) is 4.74 Å². The number of esters is 1. The standard InChI is InChI=1S/C11H17NO2S/c1-7(2)8-6-15-9(12-8)11(3,4)10(13)14-5/h6-7H,1-5H3. The molecule has 3 nitrogen and oxygen atoms in total. The van der Waals surface area contributed by atoms with Crippen molar-refractivity contribution >= 4 is 17.3 Å². The van der Waals surface area contributed by atoms with Gasteiger partial charge in [0.15, 0.2) is 0 Å². The molecular formula is C11H17NO2S. The Labute approximate surface area is 94.5 Å². The van der Waals surface area contributed by atoms with Gasteiger partial charge in [-0.25, -0.2) is 4.98 Å². The molecule has 0 fully saturated rings. The maximum absolute atomic E-state index is 11.6. The monoisotopic (exact) mass is 227 g/mol. The Morgan fingerprint density at radius 3 is 2.53 bits per heavy atom. The zero-order chi connectivity index (χ0) is 11.6. The van der Waals surface area contributed by atoms with Crippen molar-refractivity contribution in [1.29, 1.82) is 0 Å². The summed E-state index contributed by atoms with van der Waals surface area (Å²) in [6.07, 6.45) is 0. The minimum Gasteiger partial charge on any atom is -0.468 e. The number of hydrogen-bond acceptors (Lipinski definition) is 4. The molecule has 0 unspecified atom stereocenters. The summed E-state index contributed by atoms with van der Waals surface area (Å²) in [5, 5.41) is 2.82. The highest BCUT2D eigenvalue weighted by molar-refractivity contribution is 7.10. The van der Waals surface area contributed by atoms with Crippen LogP contribution >= 0.6 is 11.3 Å². The molecule has 0 saturated heterocycles. The molecule has 0 aromatic carbocycles. The molecular weight excluding hydrogens is 210 g/mol. The van der Waals surface area contributed by atoms with Crippen LogP contribution in [0.25, 0.3) is 0 Å². The van der Waals surface area contributed by atoms with Crippen molar-refractivity contribution < 1.29 is 9.53 Å². The van der Waals surface area contributed by atoms with Crippen LogP contribution in [0.2, 0.25) is 0 Å². The van der Waals surface area contributed by atoms with Crippen LogP contribution in [0.5, 0.6) is 0 Å². The summed E-state index contributed by atoms with van der Waals surface area (Å²) in [4.78, 5) is 16.0. The molecule has 1 heterocycles. The molecule has 0 N–H and O–H groups in total. The highest BCUT2D eigenvalue weighted by atomic mass is 32.1. The molecule has 15 heavy (non-hydrogen) atoms. The van der Waals surface area contributed by atoms with Gasteiger partial charge in [-0.3, -0.25) is 4.79 Å². The molecule has 0 aliphatic heterocycles. The van der Waals surface area contributed by atoms with Crippen molar-refractivity contribution in [2.45, 2.75) is 39.0 Å². The summed E-state index contributed by atoms with van der Waals surface area (Å²) in [5.74, 6) is 0.149. The number of carbonyl (C=O) groups is 1. The van der Waals surface area contributed by atoms with E-state index < -0.39 is 5.41 Å². The maximum Gasteiger partial charge on any atom is 0.318 e. The summed E-state index contributed by atoms with van der Waals surface area (Å²) in [6, 6.07) is 0. The Bertz CT molecular complexity index is 355. The predicted octanol–water partition coefficient (Wildman–Crippen LogP) is 2.72. The van der Waals surface area contributed by atoms with Crippen molar-refractivity contribution in [3.05, 3.63) is 16.1 Å². The average molecular weight is 227 g/mol. The van der Waals surface area contributed by atoms with Crippen LogP contribution in [-0.4, -0.2) is 18.1 Å². The van der Waals surface area contributed by atoms with E-state index >= 15 is 0 Å². The van der Waals surface area contributed by atoms with Crippen LogP contribution in [0.1, 0.15) is 44.3 Å². The van der Waals surface area contributed by atoms with E-state index in [2.05, 4.69) is 18.8 Å². The summed E-state index contributed by atoms with van der Waals surface area (Å²) >= 11 is 1.52. The number of nitrogens with zero attached hydrogens (tertiary/aromatic N) is 1. The number of thiazole rings is 1. The summed E-state index contributed by atoms with van der Waals surface area (Å²) < 4.78 is 4.77. The first kappa shape index (κ1) is 12.2. The molecule has 84 valence electrons. The fourth-order valence-corrected chi connectivity index (χ4v) is 2.27. The van der Waals surface area contributed by atoms with E-state index in [1.807, 2.05) is 19.2 Å². The lowest BCUT2D eigenvalue weighted by Gasteiger charge is -2.18. The Morgan fingerprint density at radius 1 is 1.53 bits per heavy atom. The third-order valence-corrected chi connectivity index (χ3v) is 3.53. The lowest BCUT2D eigenvalue weighted by molar-refractivity contribution is -0.146. The van der Waals surface area contributed by atoms with Gasteiger partial charge in [-0.15, -0.1) is 11.3 Å². The van der Waals surface area contributed by atoms with Crippen LogP contribution in [0.4, 0.5) is 0 Å². The van der Waals surface area contributed by atoms with E-state index in [1.54, 1.807) is 0 Å². The first-order chi connectivity index (χ1) is 6.89. The SMILES string of the molecule is COC(=O)C(C)(C)c1nc(C(C)C)cs1. The van der Waals surface area contributed by atoms with Crippen LogP contribution in [-0.2, 0) is 14.9 Å². The average Bonchev–Trinajstić information content (AvgIpc) is 2.65. The first-order valence-electron chi connectivity index (χ1n) is 4.94. The van der Waals surface area contributed by atoms with Gasteiger partial charge in [-0.05, 0) is 19.8 Å². The number of carbonyl (C=O) groups excluding carboxylic acids is 1. The summed E-state index contributed by atoms with van der Waals surface area (Å²) in [6.45, 7) is 7.84. The van der Waals surface area contributed by atoms with Gasteiger partial charge in [0.1, 0.15) is 10.4 Å². The van der Waals surface area contributed by atoms with Crippen molar-refractivity contribution in [1.82, 2.24) is 4.98 Å². The number of ether oxygens (including phenoxy) is 1. The van der Waals surface area contributed by atoms with Crippen molar-refractivity contribution in [2.24, 2.45) is 0 Å². The summed E-state index contributed by atoms with van der Waals surface area (Å²) in [7, 11) is 1.40. The first-order valence-corrected chi connectivity index (χ1v) is 5.82. The van der Waals surface area contributed by atoms with Crippen molar-refractivity contribution in [3.8, 4) is 0 Å². The fourth-order valence-electron chi connectivity index (χ4n) is 1.18. The topological polar surface area (TPSA) is 39.2 Å². The Kier molecular flexibility index (Phi) is 3.50. The van der Waals surface area contributed by atoms with Gasteiger partial charge in [0, 0.05) is 5.38 Å². The van der Waals surface area contributed by atoms with Gasteiger partial charge in [-0.1, -0.05) is 13.8 Å². The van der Waals surface area contributed by atoms with Crippen LogP contribution in [0.3, 0.4) is 0 Å². The van der Waals surface area contributed by atoms with E-state index in [1.165, 1.54) is 18.4 Å². The molecule has 0 radical (unpaired) electrons. The van der Waals surface area contributed by atoms with Crippen LogP contribution in [0.15, 0.2) is 5.38 Å². The van der Waals surface area contributed by atoms with Gasteiger partial charge in [0.2, 0.25) is 0 Å². The molecule has 0 aliphatic rings. The molecule has 1 aromatic rings. The second kappa shape index (κ2) is 4.31. The van der Waals surface area contributed by atoms with E-state index in [0.717, 1.165) is 10.7 Å². The van der Waals surface area contributed by atoms with Gasteiger partial charge in [0.25, 0.3) is 0 Å². The highest BCUT2D eigenvalue weighted by Gasteiger charge is 2.34. The minimum atomic E-state index is -0.646. The molecule has 1 rings (SSSR count). The van der Waals surface area contributed by atoms with Gasteiger partial charge in [-0.2, -0.15) is 0 Å². The smallest absolute Gasteiger partial charge is 0.318 e. The summed E-state index contributed by atoms with van der Waals surface area (Å²) in [5.41, 5.74) is 0.388. The molecule has 0 bridgehead atoms. The second-order valence-electron chi connectivity index (χ2n) is 4.35. The quantitative estimate of drug-likeness (QED) is 0.745. The number of rotatable bonds is 3. The van der Waals surface area contributed by atoms with E-state index in [9.17, 15) is 4.79 Å². The van der Waals surface area contributed by atoms with Crippen molar-refractivity contribution in [2.75, 3.05) is 7.11 Å². The zero-order valence-electron chi connectivity index (χ0n) is 9.83. The second-order valence-corrected chi connectivity index (χ2v) is 5.21. The molecule has 0 aliphatic carbocycles. The van der Waals surface area contributed by atoms with E-state index in [-0.39, 0.29) is 5.97 Å². The zero-order valence-corrected chi connectivity index (χ0v) is 10.6. The third-order valence-electron chi connectivity index (χ3n) is 2.34. The number of aromatic nitrogens is 1. The molecule has 1 aromatic heterocycles. The Morgan fingerprint density at radius 2 is 2.13 bits per heavy atom. The molecule has 0 atom stereocenters. The molecule has 0 amide bonds. The fraction of sp³-hybridized carbons (Fsp3) is 0.636. The largest absolute Gasteiger partial charge is 0.468 e. The number of hydrogen-bond donors (Lipinski definition) is 0. The van der Waals surface area contributed by atoms with Gasteiger partial charge >= 0.3 is 5.97 Å². The van der Waals surface area contributed by atoms with Gasteiger partial charge in [0.05, 0.1) is 12.8 Å². The Hall–Kier alpha value is -0.900. The predicted molar refractivity (Wildman–Crippen MR) is 61.2 cm³/mol. The Balaban J connectivity index is 3.00. The minimum absolute atomic E-state index is 0.243. The highest BCUT2D eigenvalue weighted by Crippen LogP contribution is 2.29. The maximum atomic E-state index is 11.6. The molecule has 0 saturated carbocycles. The molecule has 0 spiro atoms. The van der Waals surface area contributed by atoms with Gasteiger partial charge < -0.3 is 4.74 Å². The van der Waals surface area contributed by atoms with Crippen LogP contribution in [0, 0.1) is 0 Å². The normalized spacial score (nSPS) is 11.9. The lowest BCUT2D eigenvalue weighted by atomic mass is 9.95. The lowest BCUT2D eigenvalue weighted by Crippen LogP contribution is -2.30. The van der Waals surface area contributed by atoms with E-state index in [0.29, 0.717) is 5.92 Å². The third kappa shape index (κ3) is 2.37. The molecule has 4 heteroatoms.